The number of aromatic hydroxyl groups is 1. The number of nitrogens with zero attached hydrogens (tertiary/aromatic N) is 1. The second-order valence-electron chi connectivity index (χ2n) is 15.4. The zero-order chi connectivity index (χ0) is 43.4. The molecule has 3 rings (SSSR count). The van der Waals surface area contributed by atoms with Crippen LogP contribution in [0.5, 0.6) is 5.75 Å². The minimum Gasteiger partial charge on any atom is -0.508 e. The monoisotopic (exact) mass is 834 g/mol. The molecule has 9 N–H and O–H groups in total. The Bertz CT molecular complexity index is 1710. The van der Waals surface area contributed by atoms with Gasteiger partial charge < -0.3 is 52.3 Å². The average Bonchev–Trinajstić information content (AvgIpc) is 3.65. The molecule has 0 saturated carbocycles. The molecular formula is C38H58N8O11S. The highest BCUT2D eigenvalue weighted by Crippen LogP contribution is 2.21. The minimum absolute atomic E-state index is 0.00715. The zero-order valence-corrected chi connectivity index (χ0v) is 34.8. The summed E-state index contributed by atoms with van der Waals surface area (Å²) in [5, 5.41) is 38.0. The summed E-state index contributed by atoms with van der Waals surface area (Å²) >= 11 is 0. The predicted molar refractivity (Wildman–Crippen MR) is 212 cm³/mol. The van der Waals surface area contributed by atoms with Crippen LogP contribution in [0.15, 0.2) is 24.3 Å². The Morgan fingerprint density at radius 1 is 0.724 bits per heavy atom. The van der Waals surface area contributed by atoms with E-state index in [4.69, 9.17) is 0 Å². The van der Waals surface area contributed by atoms with Gasteiger partial charge >= 0.3 is 0 Å². The molecule has 1 unspecified atom stereocenters. The second-order valence-corrected chi connectivity index (χ2v) is 17.0. The molecule has 0 bridgehead atoms. The van der Waals surface area contributed by atoms with Gasteiger partial charge in [-0.3, -0.25) is 42.6 Å². The largest absolute Gasteiger partial charge is 0.508 e. The Morgan fingerprint density at radius 3 is 1.90 bits per heavy atom. The van der Waals surface area contributed by atoms with E-state index in [1.165, 1.54) is 49.3 Å². The van der Waals surface area contributed by atoms with Crippen molar-refractivity contribution in [1.82, 2.24) is 42.1 Å². The first-order chi connectivity index (χ1) is 27.2. The lowest BCUT2D eigenvalue weighted by Gasteiger charge is -2.32. The molecule has 322 valence electrons. The average molecular weight is 835 g/mol. The Kier molecular flexibility index (Phi) is 17.6. The van der Waals surface area contributed by atoms with Crippen LogP contribution in [0.2, 0.25) is 0 Å². The molecule has 2 heterocycles. The number of hydrogen-bond acceptors (Lipinski definition) is 11. The summed E-state index contributed by atoms with van der Waals surface area (Å²) < 4.78 is 12.1. The van der Waals surface area contributed by atoms with Crippen LogP contribution < -0.4 is 37.2 Å². The van der Waals surface area contributed by atoms with Gasteiger partial charge in [-0.05, 0) is 62.6 Å². The predicted octanol–water partition coefficient (Wildman–Crippen LogP) is -2.55. The van der Waals surface area contributed by atoms with E-state index in [1.807, 2.05) is 0 Å². The first kappa shape index (κ1) is 47.3. The number of nitrogens with one attached hydrogen (secondary N) is 7. The van der Waals surface area contributed by atoms with E-state index >= 15 is 0 Å². The van der Waals surface area contributed by atoms with E-state index in [1.54, 1.807) is 27.7 Å². The smallest absolute Gasteiger partial charge is 0.246 e. The van der Waals surface area contributed by atoms with E-state index < -0.39 is 125 Å². The van der Waals surface area contributed by atoms with Gasteiger partial charge in [0.05, 0.1) is 12.6 Å². The van der Waals surface area contributed by atoms with Gasteiger partial charge in [0.2, 0.25) is 47.3 Å². The van der Waals surface area contributed by atoms with Crippen LogP contribution in [-0.4, -0.2) is 140 Å². The fourth-order valence-electron chi connectivity index (χ4n) is 6.51. The molecule has 1 aromatic rings. The molecule has 8 amide bonds. The van der Waals surface area contributed by atoms with Crippen LogP contribution >= 0.6 is 0 Å². The van der Waals surface area contributed by atoms with Gasteiger partial charge in [-0.15, -0.1) is 0 Å². The number of phenolic OH excluding ortho intramolecular Hbond substituents is 1. The first-order valence-electron chi connectivity index (χ1n) is 19.4. The van der Waals surface area contributed by atoms with E-state index in [9.17, 15) is 52.8 Å². The lowest BCUT2D eigenvalue weighted by molar-refractivity contribution is -0.143. The Morgan fingerprint density at radius 2 is 1.31 bits per heavy atom. The van der Waals surface area contributed by atoms with Crippen molar-refractivity contribution >= 4 is 58.1 Å². The number of rotatable bonds is 8. The number of aliphatic hydroxyl groups is 1. The van der Waals surface area contributed by atoms with Gasteiger partial charge in [0, 0.05) is 35.8 Å². The molecular weight excluding hydrogens is 777 g/mol. The number of carbonyl (C=O) groups excluding carboxylic acids is 8. The van der Waals surface area contributed by atoms with Crippen molar-refractivity contribution in [1.29, 1.82) is 0 Å². The topological polar surface area (TPSA) is 282 Å². The third kappa shape index (κ3) is 13.5. The Hall–Kier alpha value is -5.11. The SMILES string of the molecule is CC(C)[C@@H]1NC(=O)[C@H]([C@@H](C)O)NC(=O)CNC(=O)[C@H](Cc2ccc(O)cc2)NC(=O)[C@H](CCS(C)=O)NC(=O)[C@@H]2CCCN2C(=O)[C@H](C(C)C)NC(=O)[C@H](C)NC1=O. The number of amides is 8. The highest BCUT2D eigenvalue weighted by atomic mass is 32.2. The minimum atomic E-state index is -1.59. The second kappa shape index (κ2) is 21.6. The fraction of sp³-hybridized carbons (Fsp3) is 0.632. The third-order valence-corrected chi connectivity index (χ3v) is 10.7. The summed E-state index contributed by atoms with van der Waals surface area (Å²) in [6.07, 6.45) is 0.388. The van der Waals surface area contributed by atoms with Gasteiger partial charge in [-0.25, -0.2) is 0 Å². The summed E-state index contributed by atoms with van der Waals surface area (Å²) in [5.74, 6) is -7.26. The van der Waals surface area contributed by atoms with Crippen molar-refractivity contribution in [3.63, 3.8) is 0 Å². The van der Waals surface area contributed by atoms with Crippen LogP contribution in [0, 0.1) is 11.8 Å². The van der Waals surface area contributed by atoms with Crippen molar-refractivity contribution in [3.8, 4) is 5.75 Å². The molecule has 0 aromatic heterocycles. The van der Waals surface area contributed by atoms with Gasteiger partial charge in [0.1, 0.15) is 48.0 Å². The lowest BCUT2D eigenvalue weighted by Crippen LogP contribution is -2.62. The van der Waals surface area contributed by atoms with E-state index in [0.717, 1.165) is 0 Å². The van der Waals surface area contributed by atoms with Gasteiger partial charge in [-0.2, -0.15) is 0 Å². The van der Waals surface area contributed by atoms with E-state index in [0.29, 0.717) is 12.0 Å². The van der Waals surface area contributed by atoms with E-state index in [-0.39, 0.29) is 37.3 Å². The quantitative estimate of drug-likeness (QED) is 0.131. The third-order valence-electron chi connectivity index (χ3n) is 9.91. The molecule has 2 aliphatic rings. The molecule has 0 radical (unpaired) electrons. The van der Waals surface area contributed by atoms with Gasteiger partial charge in [0.15, 0.2) is 0 Å². The Balaban J connectivity index is 2.05. The maximum Gasteiger partial charge on any atom is 0.246 e. The van der Waals surface area contributed by atoms with Crippen LogP contribution in [0.3, 0.4) is 0 Å². The Labute approximate surface area is 340 Å². The molecule has 2 fully saturated rings. The standard InChI is InChI=1S/C38H58N8O11S/c1-19(2)29-36(54)40-21(5)32(50)45-30(20(3)4)38(56)46-15-8-9-27(46)35(53)41-25(14-16-58(7)57)34(52)42-26(17-23-10-12-24(48)13-11-23)33(51)39-18-28(49)43-31(22(6)47)37(55)44-29/h10-13,19-22,25-27,29-31,47-48H,8-9,14-18H2,1-7H3,(H,39,51)(H,40,54)(H,41,53)(H,42,52)(H,43,49)(H,44,55)(H,45,50)/t21-,22+,25-,26-,27-,29-,30-,31-,58?/m0/s1. The lowest BCUT2D eigenvalue weighted by atomic mass is 10.0. The van der Waals surface area contributed by atoms with Gasteiger partial charge in [-0.1, -0.05) is 39.8 Å². The maximum atomic E-state index is 14.0. The molecule has 2 saturated heterocycles. The maximum absolute atomic E-state index is 14.0. The summed E-state index contributed by atoms with van der Waals surface area (Å²) in [5.41, 5.74) is 0.502. The number of phenols is 1. The number of aliphatic hydroxyl groups excluding tert-OH is 1. The summed E-state index contributed by atoms with van der Waals surface area (Å²) in [7, 11) is -1.39. The number of fused-ring (bicyclic) bond motifs is 1. The fourth-order valence-corrected chi connectivity index (χ4v) is 7.08. The molecule has 9 atom stereocenters. The van der Waals surface area contributed by atoms with Crippen LogP contribution in [0.1, 0.15) is 66.4 Å². The molecule has 0 aliphatic carbocycles. The highest BCUT2D eigenvalue weighted by molar-refractivity contribution is 7.84. The van der Waals surface area contributed by atoms with Gasteiger partial charge in [0.25, 0.3) is 0 Å². The van der Waals surface area contributed by atoms with Crippen molar-refractivity contribution in [2.75, 3.05) is 25.1 Å². The van der Waals surface area contributed by atoms with Crippen molar-refractivity contribution < 1.29 is 52.8 Å². The highest BCUT2D eigenvalue weighted by Gasteiger charge is 2.41. The molecule has 20 heteroatoms. The van der Waals surface area contributed by atoms with Crippen molar-refractivity contribution in [3.05, 3.63) is 29.8 Å². The van der Waals surface area contributed by atoms with Crippen LogP contribution in [0.25, 0.3) is 0 Å². The number of hydrogen-bond donors (Lipinski definition) is 9. The molecule has 2 aliphatic heterocycles. The molecule has 0 spiro atoms. The van der Waals surface area contributed by atoms with E-state index in [2.05, 4.69) is 37.2 Å². The molecule has 19 nitrogen and oxygen atoms in total. The normalized spacial score (nSPS) is 27.6. The van der Waals surface area contributed by atoms with Crippen LogP contribution in [0.4, 0.5) is 0 Å². The number of benzene rings is 1. The summed E-state index contributed by atoms with van der Waals surface area (Å²) in [4.78, 5) is 110. The van der Waals surface area contributed by atoms with Crippen LogP contribution in [-0.2, 0) is 55.6 Å². The van der Waals surface area contributed by atoms with Crippen molar-refractivity contribution in [2.45, 2.75) is 116 Å². The van der Waals surface area contributed by atoms with Crippen molar-refractivity contribution in [2.24, 2.45) is 11.8 Å². The molecule has 58 heavy (non-hydrogen) atoms. The zero-order valence-electron chi connectivity index (χ0n) is 34.0. The summed E-state index contributed by atoms with van der Waals surface area (Å²) in [6, 6.07) is -3.06. The first-order valence-corrected chi connectivity index (χ1v) is 21.1. The summed E-state index contributed by atoms with van der Waals surface area (Å²) in [6.45, 7) is 8.74. The molecule has 1 aromatic carbocycles. The number of carbonyl (C=O) groups is 8.